The van der Waals surface area contributed by atoms with Crippen LogP contribution in [0.15, 0.2) is 30.6 Å². The van der Waals surface area contributed by atoms with Crippen LogP contribution in [0.4, 0.5) is 16.2 Å². The van der Waals surface area contributed by atoms with E-state index in [4.69, 9.17) is 0 Å². The van der Waals surface area contributed by atoms with E-state index in [1.807, 2.05) is 42.9 Å². The second kappa shape index (κ2) is 8.24. The van der Waals surface area contributed by atoms with Gasteiger partial charge < -0.3 is 20.1 Å². The zero-order valence-corrected chi connectivity index (χ0v) is 16.2. The quantitative estimate of drug-likeness (QED) is 0.818. The number of nitrogens with one attached hydrogen (secondary N) is 2. The van der Waals surface area contributed by atoms with Crippen molar-refractivity contribution in [1.82, 2.24) is 14.9 Å². The lowest BCUT2D eigenvalue weighted by molar-refractivity contribution is -0.117. The van der Waals surface area contributed by atoms with Crippen LogP contribution in [0.3, 0.4) is 0 Å². The molecule has 1 atom stereocenters. The average molecular weight is 369 g/mol. The number of imidazole rings is 1. The van der Waals surface area contributed by atoms with E-state index >= 15 is 0 Å². The van der Waals surface area contributed by atoms with E-state index in [0.717, 1.165) is 42.9 Å². The highest BCUT2D eigenvalue weighted by Gasteiger charge is 2.23. The first-order valence-corrected chi connectivity index (χ1v) is 9.45. The van der Waals surface area contributed by atoms with Gasteiger partial charge in [-0.15, -0.1) is 0 Å². The van der Waals surface area contributed by atoms with Gasteiger partial charge in [-0.05, 0) is 37.5 Å². The minimum absolute atomic E-state index is 0.137. The number of rotatable bonds is 6. The number of hydrogen-bond acceptors (Lipinski definition) is 3. The molecule has 0 aliphatic carbocycles. The molecule has 1 fully saturated rings. The van der Waals surface area contributed by atoms with Crippen LogP contribution in [-0.2, 0) is 11.8 Å². The molecule has 1 aliphatic rings. The van der Waals surface area contributed by atoms with E-state index in [1.54, 1.807) is 11.1 Å². The third-order valence-corrected chi connectivity index (χ3v) is 4.88. The minimum atomic E-state index is -0.279. The number of carbonyl (C=O) groups excluding carboxylic acids is 2. The predicted molar refractivity (Wildman–Crippen MR) is 106 cm³/mol. The molecule has 2 N–H and O–H groups in total. The van der Waals surface area contributed by atoms with Crippen LogP contribution < -0.4 is 15.5 Å². The first-order chi connectivity index (χ1) is 13.0. The number of amides is 3. The van der Waals surface area contributed by atoms with Crippen molar-refractivity contribution in [3.8, 4) is 0 Å². The summed E-state index contributed by atoms with van der Waals surface area (Å²) in [6, 6.07) is 5.22. The van der Waals surface area contributed by atoms with Crippen LogP contribution in [0.25, 0.3) is 0 Å². The number of anilines is 2. The third kappa shape index (κ3) is 4.30. The average Bonchev–Trinajstić information content (AvgIpc) is 3.24. The van der Waals surface area contributed by atoms with Gasteiger partial charge in [0.15, 0.2) is 0 Å². The molecule has 144 valence electrons. The fraction of sp³-hybridized carbons (Fsp3) is 0.450. The lowest BCUT2D eigenvalue weighted by Gasteiger charge is -2.21. The van der Waals surface area contributed by atoms with Crippen LogP contribution in [-0.4, -0.2) is 28.0 Å². The Morgan fingerprint density at radius 1 is 1.37 bits per heavy atom. The summed E-state index contributed by atoms with van der Waals surface area (Å²) < 4.78 is 1.92. The second-order valence-corrected chi connectivity index (χ2v) is 6.99. The number of hydrogen-bond donors (Lipinski definition) is 2. The molecule has 3 rings (SSSR count). The standard InChI is InChI=1S/C20H27N5O2/c1-4-6-16(19-21-10-12-24(19)3)23-20(27)22-15-9-8-14(2)17(13-15)25-11-5-7-18(25)26/h8-10,12-13,16H,4-7,11H2,1-3H3,(H2,22,23,27)/t16-/m0/s1. The highest BCUT2D eigenvalue weighted by molar-refractivity contribution is 5.97. The number of aryl methyl sites for hydroxylation is 2. The van der Waals surface area contributed by atoms with Gasteiger partial charge in [-0.25, -0.2) is 9.78 Å². The molecule has 1 aromatic carbocycles. The van der Waals surface area contributed by atoms with Gasteiger partial charge in [0.2, 0.25) is 5.91 Å². The van der Waals surface area contributed by atoms with Crippen molar-refractivity contribution < 1.29 is 9.59 Å². The molecule has 0 unspecified atom stereocenters. The Morgan fingerprint density at radius 2 is 2.19 bits per heavy atom. The fourth-order valence-electron chi connectivity index (χ4n) is 3.47. The van der Waals surface area contributed by atoms with Crippen molar-refractivity contribution >= 4 is 23.3 Å². The van der Waals surface area contributed by atoms with Crippen molar-refractivity contribution in [2.24, 2.45) is 7.05 Å². The van der Waals surface area contributed by atoms with Crippen LogP contribution >= 0.6 is 0 Å². The molecule has 1 saturated heterocycles. The molecule has 7 heteroatoms. The molecule has 3 amide bonds. The molecular formula is C20H27N5O2. The van der Waals surface area contributed by atoms with Gasteiger partial charge in [0.25, 0.3) is 0 Å². The van der Waals surface area contributed by atoms with Crippen LogP contribution in [0.5, 0.6) is 0 Å². The highest BCUT2D eigenvalue weighted by atomic mass is 16.2. The second-order valence-electron chi connectivity index (χ2n) is 6.99. The van der Waals surface area contributed by atoms with Crippen molar-refractivity contribution in [2.45, 2.75) is 45.6 Å². The van der Waals surface area contributed by atoms with E-state index in [-0.39, 0.29) is 18.0 Å². The van der Waals surface area contributed by atoms with Gasteiger partial charge in [0.1, 0.15) is 5.82 Å². The summed E-state index contributed by atoms with van der Waals surface area (Å²) in [5.41, 5.74) is 2.56. The monoisotopic (exact) mass is 369 g/mol. The summed E-state index contributed by atoms with van der Waals surface area (Å²) in [6.45, 7) is 4.78. The summed E-state index contributed by atoms with van der Waals surface area (Å²) in [4.78, 5) is 30.8. The van der Waals surface area contributed by atoms with Crippen molar-refractivity contribution in [1.29, 1.82) is 0 Å². The molecule has 0 bridgehead atoms. The molecule has 1 aromatic heterocycles. The summed E-state index contributed by atoms with van der Waals surface area (Å²) >= 11 is 0. The highest BCUT2D eigenvalue weighted by Crippen LogP contribution is 2.28. The summed E-state index contributed by atoms with van der Waals surface area (Å²) in [5, 5.41) is 5.90. The van der Waals surface area contributed by atoms with Crippen LogP contribution in [0.1, 0.15) is 50.0 Å². The van der Waals surface area contributed by atoms with E-state index < -0.39 is 0 Å². The molecule has 0 saturated carbocycles. The summed E-state index contributed by atoms with van der Waals surface area (Å²) in [7, 11) is 1.92. The van der Waals surface area contributed by atoms with E-state index in [0.29, 0.717) is 12.1 Å². The third-order valence-electron chi connectivity index (χ3n) is 4.88. The lowest BCUT2D eigenvalue weighted by Crippen LogP contribution is -2.34. The number of nitrogens with zero attached hydrogens (tertiary/aromatic N) is 3. The van der Waals surface area contributed by atoms with Crippen molar-refractivity contribution in [3.05, 3.63) is 42.0 Å². The SMILES string of the molecule is CCC[C@H](NC(=O)Nc1ccc(C)c(N2CCCC2=O)c1)c1nccn1C. The van der Waals surface area contributed by atoms with E-state index in [2.05, 4.69) is 22.5 Å². The Morgan fingerprint density at radius 3 is 2.81 bits per heavy atom. The van der Waals surface area contributed by atoms with Crippen molar-refractivity contribution in [2.75, 3.05) is 16.8 Å². The van der Waals surface area contributed by atoms with Gasteiger partial charge in [0.05, 0.1) is 6.04 Å². The van der Waals surface area contributed by atoms with Crippen molar-refractivity contribution in [3.63, 3.8) is 0 Å². The number of benzene rings is 1. The Hall–Kier alpha value is -2.83. The zero-order valence-electron chi connectivity index (χ0n) is 16.2. The lowest BCUT2D eigenvalue weighted by atomic mass is 10.1. The number of urea groups is 1. The van der Waals surface area contributed by atoms with Crippen LogP contribution in [0, 0.1) is 6.92 Å². The minimum Gasteiger partial charge on any atom is -0.336 e. The van der Waals surface area contributed by atoms with Gasteiger partial charge in [0, 0.05) is 43.8 Å². The molecule has 0 radical (unpaired) electrons. The molecule has 2 aromatic rings. The first-order valence-electron chi connectivity index (χ1n) is 9.45. The maximum atomic E-state index is 12.5. The molecule has 1 aliphatic heterocycles. The first kappa shape index (κ1) is 18.9. The number of carbonyl (C=O) groups is 2. The Labute approximate surface area is 159 Å². The molecule has 0 spiro atoms. The Kier molecular flexibility index (Phi) is 5.78. The normalized spacial score (nSPS) is 15.1. The maximum Gasteiger partial charge on any atom is 0.319 e. The zero-order chi connectivity index (χ0) is 19.4. The fourth-order valence-corrected chi connectivity index (χ4v) is 3.47. The molecule has 27 heavy (non-hydrogen) atoms. The van der Waals surface area contributed by atoms with E-state index in [9.17, 15) is 9.59 Å². The van der Waals surface area contributed by atoms with Gasteiger partial charge in [-0.1, -0.05) is 19.4 Å². The summed E-state index contributed by atoms with van der Waals surface area (Å²) in [6.07, 6.45) is 6.80. The topological polar surface area (TPSA) is 79.3 Å². The van der Waals surface area contributed by atoms with Gasteiger partial charge in [-0.3, -0.25) is 4.79 Å². The van der Waals surface area contributed by atoms with Gasteiger partial charge >= 0.3 is 6.03 Å². The largest absolute Gasteiger partial charge is 0.336 e. The smallest absolute Gasteiger partial charge is 0.319 e. The Bertz CT molecular complexity index is 830. The Balaban J connectivity index is 1.71. The summed E-state index contributed by atoms with van der Waals surface area (Å²) in [5.74, 6) is 0.969. The molecule has 2 heterocycles. The van der Waals surface area contributed by atoms with Crippen LogP contribution in [0.2, 0.25) is 0 Å². The maximum absolute atomic E-state index is 12.5. The number of aromatic nitrogens is 2. The van der Waals surface area contributed by atoms with Gasteiger partial charge in [-0.2, -0.15) is 0 Å². The van der Waals surface area contributed by atoms with E-state index in [1.165, 1.54) is 0 Å². The molecular weight excluding hydrogens is 342 g/mol. The predicted octanol–water partition coefficient (Wildman–Crippen LogP) is 3.52. The molecule has 7 nitrogen and oxygen atoms in total.